The van der Waals surface area contributed by atoms with Crippen LogP contribution in [-0.2, 0) is 21.7 Å². The Balaban J connectivity index is 0. The number of likely N-dealkylation sites (N-methyl/N-ethyl adjacent to an activating group) is 1. The van der Waals surface area contributed by atoms with E-state index >= 15 is 0 Å². The summed E-state index contributed by atoms with van der Waals surface area (Å²) >= 11 is 0. The Hall–Kier alpha value is 0.634. The van der Waals surface area contributed by atoms with E-state index in [0.29, 0.717) is 0 Å². The second-order valence-corrected chi connectivity index (χ2v) is 4.01. The standard InChI is InChI=1S/C8H19NO.Ti/c1-7(2,9(5)6)8(3,4)10;/h10H,1-6H3;. The molecule has 66 valence electrons. The van der Waals surface area contributed by atoms with Crippen molar-refractivity contribution in [1.82, 2.24) is 4.90 Å². The van der Waals surface area contributed by atoms with Gasteiger partial charge in [0.25, 0.3) is 0 Å². The number of nitrogens with zero attached hydrogens (tertiary/aromatic N) is 1. The fourth-order valence-corrected chi connectivity index (χ4v) is 0.547. The predicted molar refractivity (Wildman–Crippen MR) is 44.1 cm³/mol. The van der Waals surface area contributed by atoms with Crippen LogP contribution in [0, 0.1) is 0 Å². The maximum atomic E-state index is 9.67. The van der Waals surface area contributed by atoms with Crippen LogP contribution in [0.1, 0.15) is 27.7 Å². The predicted octanol–water partition coefficient (Wildman–Crippen LogP) is 1.09. The van der Waals surface area contributed by atoms with Crippen molar-refractivity contribution in [3.05, 3.63) is 0 Å². The van der Waals surface area contributed by atoms with E-state index in [2.05, 4.69) is 0 Å². The number of hydrogen-bond acceptors (Lipinski definition) is 2. The number of hydrogen-bond donors (Lipinski definition) is 1. The summed E-state index contributed by atoms with van der Waals surface area (Å²) in [6.45, 7) is 7.69. The van der Waals surface area contributed by atoms with Crippen molar-refractivity contribution >= 4 is 0 Å². The molecule has 0 aliphatic carbocycles. The molecular weight excluding hydrogens is 174 g/mol. The molecule has 0 aromatic carbocycles. The summed E-state index contributed by atoms with van der Waals surface area (Å²) < 4.78 is 0. The molecule has 0 saturated carbocycles. The van der Waals surface area contributed by atoms with Gasteiger partial charge in [0, 0.05) is 27.3 Å². The van der Waals surface area contributed by atoms with E-state index in [-0.39, 0.29) is 27.3 Å². The van der Waals surface area contributed by atoms with Crippen molar-refractivity contribution in [3.8, 4) is 0 Å². The van der Waals surface area contributed by atoms with E-state index in [4.69, 9.17) is 0 Å². The van der Waals surface area contributed by atoms with E-state index in [0.717, 1.165) is 0 Å². The van der Waals surface area contributed by atoms with Gasteiger partial charge in [-0.3, -0.25) is 0 Å². The molecule has 0 aliphatic rings. The Labute approximate surface area is 84.9 Å². The Morgan fingerprint density at radius 1 is 1.00 bits per heavy atom. The molecule has 0 bridgehead atoms. The molecule has 0 unspecified atom stereocenters. The molecule has 1 N–H and O–H groups in total. The average Bonchev–Trinajstić information content (AvgIpc) is 1.62. The van der Waals surface area contributed by atoms with Crippen LogP contribution in [0.15, 0.2) is 0 Å². The summed E-state index contributed by atoms with van der Waals surface area (Å²) in [6, 6.07) is 0. The van der Waals surface area contributed by atoms with Crippen LogP contribution in [0.5, 0.6) is 0 Å². The van der Waals surface area contributed by atoms with Gasteiger partial charge >= 0.3 is 0 Å². The molecule has 0 fully saturated rings. The molecule has 0 radical (unpaired) electrons. The van der Waals surface area contributed by atoms with E-state index in [1.807, 2.05) is 46.7 Å². The van der Waals surface area contributed by atoms with Crippen molar-refractivity contribution in [2.75, 3.05) is 14.1 Å². The fraction of sp³-hybridized carbons (Fsp3) is 1.00. The zero-order chi connectivity index (χ0) is 8.58. The molecule has 3 heteroatoms. The maximum Gasteiger partial charge on any atom is 0.0768 e. The summed E-state index contributed by atoms with van der Waals surface area (Å²) in [5.74, 6) is 0. The number of aliphatic hydroxyl groups is 1. The molecule has 0 spiro atoms. The van der Waals surface area contributed by atoms with Crippen molar-refractivity contribution in [2.24, 2.45) is 0 Å². The van der Waals surface area contributed by atoms with Crippen LogP contribution in [0.3, 0.4) is 0 Å². The van der Waals surface area contributed by atoms with Gasteiger partial charge in [0.15, 0.2) is 0 Å². The molecule has 0 aromatic heterocycles. The van der Waals surface area contributed by atoms with Gasteiger partial charge in [-0.1, -0.05) is 0 Å². The minimum atomic E-state index is -0.656. The molecule has 0 rings (SSSR count). The Morgan fingerprint density at radius 2 is 1.27 bits per heavy atom. The monoisotopic (exact) mass is 193 g/mol. The van der Waals surface area contributed by atoms with Crippen LogP contribution < -0.4 is 0 Å². The van der Waals surface area contributed by atoms with Crippen LogP contribution in [0.4, 0.5) is 0 Å². The van der Waals surface area contributed by atoms with Crippen molar-refractivity contribution in [1.29, 1.82) is 0 Å². The second-order valence-electron chi connectivity index (χ2n) is 4.01. The molecule has 11 heavy (non-hydrogen) atoms. The summed E-state index contributed by atoms with van der Waals surface area (Å²) in [5.41, 5.74) is -0.830. The molecule has 0 aliphatic heterocycles. The largest absolute Gasteiger partial charge is 0.389 e. The summed E-state index contributed by atoms with van der Waals surface area (Å²) in [6.07, 6.45) is 0. The third kappa shape index (κ3) is 3.24. The van der Waals surface area contributed by atoms with Gasteiger partial charge in [0.05, 0.1) is 5.60 Å². The van der Waals surface area contributed by atoms with E-state index in [1.54, 1.807) is 0 Å². The third-order valence-corrected chi connectivity index (χ3v) is 2.62. The molecule has 0 atom stereocenters. The topological polar surface area (TPSA) is 23.5 Å². The summed E-state index contributed by atoms with van der Waals surface area (Å²) in [5, 5.41) is 9.67. The first-order valence-corrected chi connectivity index (χ1v) is 3.59. The third-order valence-electron chi connectivity index (χ3n) is 2.62. The second kappa shape index (κ2) is 4.04. The summed E-state index contributed by atoms with van der Waals surface area (Å²) in [7, 11) is 3.94. The molecule has 2 nitrogen and oxygen atoms in total. The first kappa shape index (κ1) is 14.2. The number of rotatable bonds is 2. The Kier molecular flexibility index (Phi) is 5.20. The van der Waals surface area contributed by atoms with Gasteiger partial charge in [-0.15, -0.1) is 0 Å². The first-order chi connectivity index (χ1) is 4.19. The zero-order valence-corrected chi connectivity index (χ0v) is 9.96. The fourth-order valence-electron chi connectivity index (χ4n) is 0.547. The zero-order valence-electron chi connectivity index (χ0n) is 8.39. The quantitative estimate of drug-likeness (QED) is 0.663. The minimum Gasteiger partial charge on any atom is -0.389 e. The normalized spacial score (nSPS) is 13.1. The maximum absolute atomic E-state index is 9.67. The van der Waals surface area contributed by atoms with E-state index in [9.17, 15) is 5.11 Å². The van der Waals surface area contributed by atoms with Gasteiger partial charge in [0.2, 0.25) is 0 Å². The Bertz CT molecular complexity index is 116. The van der Waals surface area contributed by atoms with Gasteiger partial charge in [-0.25, -0.2) is 0 Å². The van der Waals surface area contributed by atoms with Crippen LogP contribution in [-0.4, -0.2) is 35.2 Å². The van der Waals surface area contributed by atoms with Crippen LogP contribution in [0.2, 0.25) is 0 Å². The molecule has 0 heterocycles. The average molecular weight is 193 g/mol. The Morgan fingerprint density at radius 3 is 1.27 bits per heavy atom. The first-order valence-electron chi connectivity index (χ1n) is 3.59. The van der Waals surface area contributed by atoms with Crippen molar-refractivity contribution in [2.45, 2.75) is 38.8 Å². The van der Waals surface area contributed by atoms with Gasteiger partial charge in [-0.2, -0.15) is 0 Å². The molecule has 0 saturated heterocycles. The van der Waals surface area contributed by atoms with Crippen LogP contribution >= 0.6 is 0 Å². The van der Waals surface area contributed by atoms with Crippen molar-refractivity contribution < 1.29 is 26.8 Å². The van der Waals surface area contributed by atoms with Crippen molar-refractivity contribution in [3.63, 3.8) is 0 Å². The molecular formula is C8H19NOTi. The SMILES string of the molecule is CN(C)C(C)(C)C(C)(C)O.[Ti]. The van der Waals surface area contributed by atoms with Gasteiger partial charge < -0.3 is 10.0 Å². The summed E-state index contributed by atoms with van der Waals surface area (Å²) in [4.78, 5) is 2.02. The van der Waals surface area contributed by atoms with E-state index in [1.165, 1.54) is 0 Å². The van der Waals surface area contributed by atoms with Gasteiger partial charge in [-0.05, 0) is 41.8 Å². The smallest absolute Gasteiger partial charge is 0.0768 e. The minimum absolute atomic E-state index is 0. The van der Waals surface area contributed by atoms with Crippen LogP contribution in [0.25, 0.3) is 0 Å². The molecule has 0 aromatic rings. The van der Waals surface area contributed by atoms with Gasteiger partial charge in [0.1, 0.15) is 0 Å². The molecule has 0 amide bonds. The van der Waals surface area contributed by atoms with E-state index < -0.39 is 5.60 Å².